The summed E-state index contributed by atoms with van der Waals surface area (Å²) in [5.74, 6) is -1.02. The van der Waals surface area contributed by atoms with E-state index in [-0.39, 0.29) is 6.42 Å². The Morgan fingerprint density at radius 2 is 1.59 bits per heavy atom. The van der Waals surface area contributed by atoms with Crippen LogP contribution in [0, 0.1) is 0 Å². The van der Waals surface area contributed by atoms with Gasteiger partial charge in [0.15, 0.2) is 8.38 Å². The molecule has 0 radical (unpaired) electrons. The SMILES string of the molecule is CCOP(OCC)C(CC(=O)OC)C(=O)OC. The lowest BCUT2D eigenvalue weighted by Gasteiger charge is -2.22. The van der Waals surface area contributed by atoms with E-state index >= 15 is 0 Å². The molecule has 17 heavy (non-hydrogen) atoms. The highest BCUT2D eigenvalue weighted by Crippen LogP contribution is 2.45. The lowest BCUT2D eigenvalue weighted by molar-refractivity contribution is -0.147. The van der Waals surface area contributed by atoms with Crippen LogP contribution in [0.2, 0.25) is 0 Å². The first-order valence-corrected chi connectivity index (χ1v) is 6.55. The van der Waals surface area contributed by atoms with Crippen LogP contribution in [0.4, 0.5) is 0 Å². The van der Waals surface area contributed by atoms with E-state index in [0.29, 0.717) is 13.2 Å². The molecule has 0 N–H and O–H groups in total. The second-order valence-electron chi connectivity index (χ2n) is 2.94. The molecule has 1 atom stereocenters. The van der Waals surface area contributed by atoms with Crippen LogP contribution in [-0.2, 0) is 28.1 Å². The fourth-order valence-corrected chi connectivity index (χ4v) is 2.61. The van der Waals surface area contributed by atoms with Crippen molar-refractivity contribution in [3.8, 4) is 0 Å². The lowest BCUT2D eigenvalue weighted by atomic mass is 10.3. The van der Waals surface area contributed by atoms with Crippen LogP contribution in [-0.4, -0.2) is 45.0 Å². The van der Waals surface area contributed by atoms with Gasteiger partial charge < -0.3 is 18.5 Å². The molecule has 0 saturated carbocycles. The van der Waals surface area contributed by atoms with Crippen molar-refractivity contribution >= 4 is 20.3 Å². The normalized spacial score (nSPS) is 12.3. The Labute approximate surface area is 102 Å². The quantitative estimate of drug-likeness (QED) is 0.489. The van der Waals surface area contributed by atoms with Gasteiger partial charge in [-0.15, -0.1) is 0 Å². The highest BCUT2D eigenvalue weighted by atomic mass is 31.2. The summed E-state index contributed by atoms with van der Waals surface area (Å²) in [5.41, 5.74) is -0.748. The van der Waals surface area contributed by atoms with Crippen LogP contribution in [0.1, 0.15) is 20.3 Å². The van der Waals surface area contributed by atoms with E-state index < -0.39 is 26.0 Å². The largest absolute Gasteiger partial charge is 0.469 e. The summed E-state index contributed by atoms with van der Waals surface area (Å²) < 4.78 is 19.9. The molecule has 100 valence electrons. The standard InChI is InChI=1S/C10H19O6P/c1-5-15-17(16-6-2)8(10(12)14-4)7-9(11)13-3/h8H,5-7H2,1-4H3. The molecule has 7 heteroatoms. The number of methoxy groups -OCH3 is 2. The Bertz CT molecular complexity index is 239. The number of hydrogen-bond donors (Lipinski definition) is 0. The van der Waals surface area contributed by atoms with E-state index in [1.807, 2.05) is 0 Å². The molecular weight excluding hydrogens is 247 g/mol. The molecule has 0 aliphatic carbocycles. The molecule has 0 rings (SSSR count). The summed E-state index contributed by atoms with van der Waals surface area (Å²) in [6.07, 6.45) is -0.102. The molecule has 0 aromatic carbocycles. The van der Waals surface area contributed by atoms with Crippen LogP contribution in [0.25, 0.3) is 0 Å². The van der Waals surface area contributed by atoms with Crippen molar-refractivity contribution < 1.29 is 28.1 Å². The molecule has 0 aromatic heterocycles. The molecule has 0 bridgehead atoms. The average Bonchev–Trinajstić information content (AvgIpc) is 2.34. The van der Waals surface area contributed by atoms with Crippen molar-refractivity contribution in [1.29, 1.82) is 0 Å². The van der Waals surface area contributed by atoms with Crippen LogP contribution in [0.3, 0.4) is 0 Å². The first-order valence-electron chi connectivity index (χ1n) is 5.30. The minimum atomic E-state index is -1.48. The zero-order chi connectivity index (χ0) is 13.3. The van der Waals surface area contributed by atoms with Crippen molar-refractivity contribution in [2.75, 3.05) is 27.4 Å². The maximum Gasteiger partial charge on any atom is 0.318 e. The molecule has 1 unspecified atom stereocenters. The van der Waals surface area contributed by atoms with Gasteiger partial charge in [0, 0.05) is 0 Å². The second-order valence-corrected chi connectivity index (χ2v) is 4.65. The third-order valence-electron chi connectivity index (χ3n) is 1.83. The number of ether oxygens (including phenoxy) is 2. The Morgan fingerprint density at radius 1 is 1.06 bits per heavy atom. The number of hydrogen-bond acceptors (Lipinski definition) is 6. The second kappa shape index (κ2) is 9.33. The highest BCUT2D eigenvalue weighted by molar-refractivity contribution is 7.49. The topological polar surface area (TPSA) is 71.1 Å². The average molecular weight is 266 g/mol. The zero-order valence-corrected chi connectivity index (χ0v) is 11.5. The van der Waals surface area contributed by atoms with Crippen molar-refractivity contribution in [2.24, 2.45) is 0 Å². The van der Waals surface area contributed by atoms with Gasteiger partial charge in [0.1, 0.15) is 5.66 Å². The Hall–Kier alpha value is -0.710. The van der Waals surface area contributed by atoms with Gasteiger partial charge in [-0.05, 0) is 13.8 Å². The Kier molecular flexibility index (Phi) is 8.94. The Balaban J connectivity index is 4.71. The van der Waals surface area contributed by atoms with E-state index in [1.165, 1.54) is 14.2 Å². The minimum absolute atomic E-state index is 0.102. The van der Waals surface area contributed by atoms with Gasteiger partial charge in [-0.25, -0.2) is 0 Å². The minimum Gasteiger partial charge on any atom is -0.469 e. The number of rotatable bonds is 8. The first-order chi connectivity index (χ1) is 8.10. The van der Waals surface area contributed by atoms with Gasteiger partial charge in [0.05, 0.1) is 33.9 Å². The fraction of sp³-hybridized carbons (Fsp3) is 0.800. The molecule has 0 aliphatic heterocycles. The van der Waals surface area contributed by atoms with Gasteiger partial charge in [-0.2, -0.15) is 0 Å². The molecule has 0 amide bonds. The van der Waals surface area contributed by atoms with Gasteiger partial charge >= 0.3 is 11.9 Å². The van der Waals surface area contributed by atoms with E-state index in [9.17, 15) is 9.59 Å². The molecule has 0 aliphatic rings. The first kappa shape index (κ1) is 16.3. The van der Waals surface area contributed by atoms with E-state index in [1.54, 1.807) is 13.8 Å². The van der Waals surface area contributed by atoms with Gasteiger partial charge in [-0.3, -0.25) is 9.59 Å². The summed E-state index contributed by atoms with van der Waals surface area (Å²) >= 11 is 0. The molecular formula is C10H19O6P. The molecule has 0 fully saturated rings. The Morgan fingerprint density at radius 3 is 1.94 bits per heavy atom. The fourth-order valence-electron chi connectivity index (χ4n) is 1.09. The van der Waals surface area contributed by atoms with Crippen molar-refractivity contribution in [2.45, 2.75) is 25.9 Å². The number of carbonyl (C=O) groups excluding carboxylic acids is 2. The predicted octanol–water partition coefficient (Wildman–Crippen LogP) is 1.48. The van der Waals surface area contributed by atoms with E-state index in [2.05, 4.69) is 9.47 Å². The molecule has 0 aromatic rings. The molecule has 0 saturated heterocycles. The third-order valence-corrected chi connectivity index (χ3v) is 3.76. The number of carbonyl (C=O) groups is 2. The predicted molar refractivity (Wildman–Crippen MR) is 62.6 cm³/mol. The summed E-state index contributed by atoms with van der Waals surface area (Å²) in [6.45, 7) is 4.39. The van der Waals surface area contributed by atoms with Crippen LogP contribution < -0.4 is 0 Å². The lowest BCUT2D eigenvalue weighted by Crippen LogP contribution is -2.26. The summed E-state index contributed by atoms with van der Waals surface area (Å²) in [5, 5.41) is 0. The molecule has 0 spiro atoms. The monoisotopic (exact) mass is 266 g/mol. The van der Waals surface area contributed by atoms with Crippen LogP contribution in [0.5, 0.6) is 0 Å². The van der Waals surface area contributed by atoms with Crippen LogP contribution in [0.15, 0.2) is 0 Å². The number of esters is 2. The highest BCUT2D eigenvalue weighted by Gasteiger charge is 2.34. The van der Waals surface area contributed by atoms with E-state index in [0.717, 1.165) is 0 Å². The summed E-state index contributed by atoms with van der Waals surface area (Å²) in [7, 11) is 1.04. The van der Waals surface area contributed by atoms with Crippen molar-refractivity contribution in [3.63, 3.8) is 0 Å². The van der Waals surface area contributed by atoms with Gasteiger partial charge in [0.25, 0.3) is 0 Å². The van der Waals surface area contributed by atoms with Crippen molar-refractivity contribution in [3.05, 3.63) is 0 Å². The smallest absolute Gasteiger partial charge is 0.318 e. The third kappa shape index (κ3) is 5.96. The van der Waals surface area contributed by atoms with Gasteiger partial charge in [0.2, 0.25) is 0 Å². The summed E-state index contributed by atoms with van der Waals surface area (Å²) in [4.78, 5) is 22.8. The van der Waals surface area contributed by atoms with Gasteiger partial charge in [-0.1, -0.05) is 0 Å². The molecule has 0 heterocycles. The van der Waals surface area contributed by atoms with E-state index in [4.69, 9.17) is 9.05 Å². The zero-order valence-electron chi connectivity index (χ0n) is 10.6. The molecule has 6 nitrogen and oxygen atoms in total. The van der Waals surface area contributed by atoms with Crippen LogP contribution >= 0.6 is 8.38 Å². The maximum atomic E-state index is 11.6. The summed E-state index contributed by atoms with van der Waals surface area (Å²) in [6, 6.07) is 0. The maximum absolute atomic E-state index is 11.6. The van der Waals surface area contributed by atoms with Crippen molar-refractivity contribution in [1.82, 2.24) is 0 Å².